The van der Waals surface area contributed by atoms with Crippen LogP contribution in [0.25, 0.3) is 11.1 Å². The van der Waals surface area contributed by atoms with Crippen molar-refractivity contribution in [1.29, 1.82) is 0 Å². The molecule has 1 nitrogen and oxygen atoms in total. The van der Waals surface area contributed by atoms with Gasteiger partial charge in [0.1, 0.15) is 0 Å². The van der Waals surface area contributed by atoms with Gasteiger partial charge in [0.25, 0.3) is 0 Å². The van der Waals surface area contributed by atoms with Crippen LogP contribution in [0, 0.1) is 11.8 Å². The first-order valence-electron chi connectivity index (χ1n) is 7.39. The van der Waals surface area contributed by atoms with Crippen molar-refractivity contribution in [2.45, 2.75) is 5.60 Å². The van der Waals surface area contributed by atoms with Gasteiger partial charge < -0.3 is 5.11 Å². The van der Waals surface area contributed by atoms with E-state index in [4.69, 9.17) is 0 Å². The zero-order valence-electron chi connectivity index (χ0n) is 12.3. The smallest absolute Gasteiger partial charge is 0.178 e. The maximum absolute atomic E-state index is 11.3. The Balaban J connectivity index is 1.89. The van der Waals surface area contributed by atoms with E-state index in [1.54, 1.807) is 0 Å². The molecule has 110 valence electrons. The Hall–Kier alpha value is -2.34. The Morgan fingerprint density at radius 2 is 1.26 bits per heavy atom. The van der Waals surface area contributed by atoms with Crippen LogP contribution >= 0.6 is 15.9 Å². The van der Waals surface area contributed by atoms with Crippen LogP contribution in [0.15, 0.2) is 77.3 Å². The van der Waals surface area contributed by atoms with E-state index in [0.717, 1.165) is 32.3 Å². The fraction of sp³-hybridized carbons (Fsp3) is 0.0476. The largest absolute Gasteiger partial charge is 0.369 e. The van der Waals surface area contributed by atoms with E-state index in [1.807, 2.05) is 72.8 Å². The highest BCUT2D eigenvalue weighted by Gasteiger charge is 2.39. The predicted molar refractivity (Wildman–Crippen MR) is 95.9 cm³/mol. The Morgan fingerprint density at radius 1 is 0.739 bits per heavy atom. The molecule has 0 bridgehead atoms. The molecule has 3 aromatic rings. The number of aliphatic hydroxyl groups is 1. The van der Waals surface area contributed by atoms with E-state index < -0.39 is 5.60 Å². The molecule has 0 fully saturated rings. The summed E-state index contributed by atoms with van der Waals surface area (Å²) in [6.45, 7) is 0. The summed E-state index contributed by atoms with van der Waals surface area (Å²) in [5.74, 6) is 6.21. The van der Waals surface area contributed by atoms with Gasteiger partial charge in [0.2, 0.25) is 0 Å². The SMILES string of the molecule is OC1(C#Cc2ccc(Br)cc2)c2ccccc2-c2ccccc21. The third-order valence-corrected chi connectivity index (χ3v) is 4.68. The van der Waals surface area contributed by atoms with Gasteiger partial charge in [-0.05, 0) is 35.4 Å². The molecule has 0 atom stereocenters. The molecule has 1 aliphatic rings. The van der Waals surface area contributed by atoms with Gasteiger partial charge in [0.05, 0.1) is 0 Å². The van der Waals surface area contributed by atoms with Gasteiger partial charge in [-0.1, -0.05) is 76.3 Å². The second kappa shape index (κ2) is 5.38. The van der Waals surface area contributed by atoms with Crippen LogP contribution in [0.1, 0.15) is 16.7 Å². The van der Waals surface area contributed by atoms with Crippen LogP contribution in [0.4, 0.5) is 0 Å². The second-order valence-electron chi connectivity index (χ2n) is 5.56. The van der Waals surface area contributed by atoms with Crippen molar-refractivity contribution in [1.82, 2.24) is 0 Å². The minimum Gasteiger partial charge on any atom is -0.369 e. The van der Waals surface area contributed by atoms with E-state index in [9.17, 15) is 5.11 Å². The van der Waals surface area contributed by atoms with E-state index in [1.165, 1.54) is 0 Å². The van der Waals surface area contributed by atoms with Crippen molar-refractivity contribution in [3.05, 3.63) is 94.0 Å². The fourth-order valence-electron chi connectivity index (χ4n) is 3.04. The van der Waals surface area contributed by atoms with Crippen molar-refractivity contribution >= 4 is 15.9 Å². The van der Waals surface area contributed by atoms with Crippen molar-refractivity contribution in [3.63, 3.8) is 0 Å². The lowest BCUT2D eigenvalue weighted by Crippen LogP contribution is -2.22. The monoisotopic (exact) mass is 360 g/mol. The number of hydrogen-bond acceptors (Lipinski definition) is 1. The van der Waals surface area contributed by atoms with Gasteiger partial charge in [-0.25, -0.2) is 0 Å². The maximum Gasteiger partial charge on any atom is 0.178 e. The zero-order chi connectivity index (χ0) is 15.9. The van der Waals surface area contributed by atoms with E-state index in [-0.39, 0.29) is 0 Å². The summed E-state index contributed by atoms with van der Waals surface area (Å²) in [6, 6.07) is 23.6. The quantitative estimate of drug-likeness (QED) is 0.575. The molecule has 4 rings (SSSR count). The van der Waals surface area contributed by atoms with Crippen LogP contribution < -0.4 is 0 Å². The first kappa shape index (κ1) is 14.3. The van der Waals surface area contributed by atoms with Gasteiger partial charge in [-0.15, -0.1) is 0 Å². The summed E-state index contributed by atoms with van der Waals surface area (Å²) in [4.78, 5) is 0. The molecule has 0 unspecified atom stereocenters. The lowest BCUT2D eigenvalue weighted by molar-refractivity contribution is 0.150. The highest BCUT2D eigenvalue weighted by atomic mass is 79.9. The fourth-order valence-corrected chi connectivity index (χ4v) is 3.31. The molecule has 0 spiro atoms. The Kier molecular flexibility index (Phi) is 3.34. The van der Waals surface area contributed by atoms with Crippen molar-refractivity contribution < 1.29 is 5.11 Å². The first-order valence-corrected chi connectivity index (χ1v) is 8.18. The van der Waals surface area contributed by atoms with E-state index in [0.29, 0.717) is 0 Å². The van der Waals surface area contributed by atoms with Gasteiger partial charge in [-0.3, -0.25) is 0 Å². The predicted octanol–water partition coefficient (Wildman–Crippen LogP) is 4.72. The molecular formula is C21H13BrO. The molecule has 0 saturated heterocycles. The van der Waals surface area contributed by atoms with Crippen LogP contribution in [-0.2, 0) is 5.60 Å². The van der Waals surface area contributed by atoms with Gasteiger partial charge in [0.15, 0.2) is 5.60 Å². The molecule has 23 heavy (non-hydrogen) atoms. The molecule has 2 heteroatoms. The molecule has 0 aliphatic heterocycles. The minimum absolute atomic E-state index is 0.853. The second-order valence-corrected chi connectivity index (χ2v) is 6.47. The number of benzene rings is 3. The van der Waals surface area contributed by atoms with Crippen LogP contribution in [0.5, 0.6) is 0 Å². The van der Waals surface area contributed by atoms with E-state index in [2.05, 4.69) is 27.8 Å². The van der Waals surface area contributed by atoms with E-state index >= 15 is 0 Å². The standard InChI is InChI=1S/C21H13BrO/c22-16-11-9-15(10-12-16)13-14-21(23)19-7-3-1-5-17(19)18-6-2-4-8-20(18)21/h1-12,23H. The summed E-state index contributed by atoms with van der Waals surface area (Å²) < 4.78 is 1.01. The Labute approximate surface area is 143 Å². The highest BCUT2D eigenvalue weighted by molar-refractivity contribution is 9.10. The summed E-state index contributed by atoms with van der Waals surface area (Å²) >= 11 is 3.42. The highest BCUT2D eigenvalue weighted by Crippen LogP contribution is 2.46. The molecule has 1 N–H and O–H groups in total. The molecule has 3 aromatic carbocycles. The third kappa shape index (κ3) is 2.30. The number of rotatable bonds is 0. The van der Waals surface area contributed by atoms with Crippen molar-refractivity contribution in [2.75, 3.05) is 0 Å². The average molecular weight is 361 g/mol. The number of fused-ring (bicyclic) bond motifs is 3. The number of hydrogen-bond donors (Lipinski definition) is 1. The van der Waals surface area contributed by atoms with Crippen LogP contribution in [0.3, 0.4) is 0 Å². The van der Waals surface area contributed by atoms with Gasteiger partial charge >= 0.3 is 0 Å². The molecule has 0 saturated carbocycles. The molecule has 0 radical (unpaired) electrons. The molecule has 1 aliphatic carbocycles. The summed E-state index contributed by atoms with van der Waals surface area (Å²) in [7, 11) is 0. The lowest BCUT2D eigenvalue weighted by atomic mass is 9.92. The van der Waals surface area contributed by atoms with Crippen molar-refractivity contribution in [2.24, 2.45) is 0 Å². The summed E-state index contributed by atoms with van der Waals surface area (Å²) in [5.41, 5.74) is 3.42. The maximum atomic E-state index is 11.3. The normalized spacial score (nSPS) is 13.7. The topological polar surface area (TPSA) is 20.2 Å². The van der Waals surface area contributed by atoms with Gasteiger partial charge in [-0.2, -0.15) is 0 Å². The van der Waals surface area contributed by atoms with Crippen LogP contribution in [0.2, 0.25) is 0 Å². The number of halogens is 1. The Morgan fingerprint density at radius 3 is 1.83 bits per heavy atom. The summed E-state index contributed by atoms with van der Waals surface area (Å²) in [5, 5.41) is 11.3. The third-order valence-electron chi connectivity index (χ3n) is 4.16. The molecule has 0 amide bonds. The minimum atomic E-state index is -1.26. The van der Waals surface area contributed by atoms with Crippen LogP contribution in [-0.4, -0.2) is 5.11 Å². The first-order chi connectivity index (χ1) is 11.2. The molecular weight excluding hydrogens is 348 g/mol. The zero-order valence-corrected chi connectivity index (χ0v) is 13.8. The summed E-state index contributed by atoms with van der Waals surface area (Å²) in [6.07, 6.45) is 0. The molecule has 0 aromatic heterocycles. The molecule has 0 heterocycles. The van der Waals surface area contributed by atoms with Crippen molar-refractivity contribution in [3.8, 4) is 23.0 Å². The van der Waals surface area contributed by atoms with Gasteiger partial charge in [0, 0.05) is 21.2 Å². The average Bonchev–Trinajstić information content (AvgIpc) is 2.85. The lowest BCUT2D eigenvalue weighted by Gasteiger charge is -2.18. The Bertz CT molecular complexity index is 900.